The van der Waals surface area contributed by atoms with Crippen molar-refractivity contribution in [2.45, 2.75) is 13.8 Å². The topological polar surface area (TPSA) is 93.0 Å². The molecule has 0 aliphatic heterocycles. The van der Waals surface area contributed by atoms with Crippen molar-refractivity contribution >= 4 is 34.8 Å². The molecule has 0 aliphatic rings. The zero-order valence-corrected chi connectivity index (χ0v) is 18.6. The van der Waals surface area contributed by atoms with Gasteiger partial charge >= 0.3 is 0 Å². The molecule has 0 amide bonds. The second-order valence-corrected chi connectivity index (χ2v) is 7.15. The van der Waals surface area contributed by atoms with Gasteiger partial charge < -0.3 is 19.5 Å². The van der Waals surface area contributed by atoms with E-state index >= 15 is 0 Å². The molecule has 32 heavy (non-hydrogen) atoms. The summed E-state index contributed by atoms with van der Waals surface area (Å²) in [6.07, 6.45) is 0. The number of para-hydroxylation sites is 3. The zero-order valence-electron chi connectivity index (χ0n) is 18.6. The highest BCUT2D eigenvalue weighted by atomic mass is 16.5. The standard InChI is InChI=1S/C23H28N8O/c1-4-31(5-2)23-27-20(24-15-16-32-17-11-7-6-8-12-17)26-21(29-23)28-22-25-18-13-9-10-14-19(18)30(22)3/h6-14H,4-5,15-16H2,1-3H3,(H2,24,25,26,27,28,29). The minimum Gasteiger partial charge on any atom is -0.492 e. The first-order valence-electron chi connectivity index (χ1n) is 10.8. The van der Waals surface area contributed by atoms with E-state index in [0.29, 0.717) is 36.9 Å². The summed E-state index contributed by atoms with van der Waals surface area (Å²) in [5, 5.41) is 6.50. The summed E-state index contributed by atoms with van der Waals surface area (Å²) in [5.74, 6) is 3.03. The third-order valence-corrected chi connectivity index (χ3v) is 5.08. The lowest BCUT2D eigenvalue weighted by molar-refractivity contribution is 0.332. The Morgan fingerprint density at radius 2 is 1.59 bits per heavy atom. The Balaban J connectivity index is 1.52. The number of aromatic nitrogens is 5. The van der Waals surface area contributed by atoms with Gasteiger partial charge in [0, 0.05) is 20.1 Å². The molecule has 0 bridgehead atoms. The number of nitrogens with zero attached hydrogens (tertiary/aromatic N) is 6. The first-order valence-corrected chi connectivity index (χ1v) is 10.8. The van der Waals surface area contributed by atoms with Crippen molar-refractivity contribution in [3.63, 3.8) is 0 Å². The Morgan fingerprint density at radius 3 is 2.34 bits per heavy atom. The monoisotopic (exact) mass is 432 g/mol. The summed E-state index contributed by atoms with van der Waals surface area (Å²) in [6.45, 7) is 6.79. The van der Waals surface area contributed by atoms with Gasteiger partial charge in [0.25, 0.3) is 0 Å². The molecule has 0 fully saturated rings. The maximum atomic E-state index is 5.75. The highest BCUT2D eigenvalue weighted by Gasteiger charge is 2.14. The van der Waals surface area contributed by atoms with Gasteiger partial charge in [-0.25, -0.2) is 4.98 Å². The molecule has 0 saturated heterocycles. The molecule has 0 atom stereocenters. The number of imidazole rings is 1. The quantitative estimate of drug-likeness (QED) is 0.365. The van der Waals surface area contributed by atoms with E-state index in [2.05, 4.69) is 49.3 Å². The molecule has 4 aromatic rings. The molecule has 0 radical (unpaired) electrons. The van der Waals surface area contributed by atoms with E-state index in [0.717, 1.165) is 29.9 Å². The lowest BCUT2D eigenvalue weighted by atomic mass is 10.3. The van der Waals surface area contributed by atoms with Gasteiger partial charge in [0.2, 0.25) is 23.8 Å². The van der Waals surface area contributed by atoms with Gasteiger partial charge in [0.05, 0.1) is 17.6 Å². The van der Waals surface area contributed by atoms with Gasteiger partial charge in [0.1, 0.15) is 12.4 Å². The molecular weight excluding hydrogens is 404 g/mol. The highest BCUT2D eigenvalue weighted by molar-refractivity contribution is 5.79. The second-order valence-electron chi connectivity index (χ2n) is 7.15. The third kappa shape index (κ3) is 4.88. The number of anilines is 4. The van der Waals surface area contributed by atoms with Crippen molar-refractivity contribution in [3.8, 4) is 5.75 Å². The first-order chi connectivity index (χ1) is 15.7. The van der Waals surface area contributed by atoms with Crippen molar-refractivity contribution in [1.29, 1.82) is 0 Å². The van der Waals surface area contributed by atoms with Crippen LogP contribution < -0.4 is 20.3 Å². The Morgan fingerprint density at radius 1 is 0.875 bits per heavy atom. The number of hydrogen-bond donors (Lipinski definition) is 2. The number of nitrogens with one attached hydrogen (secondary N) is 2. The lowest BCUT2D eigenvalue weighted by Gasteiger charge is -2.19. The third-order valence-electron chi connectivity index (χ3n) is 5.08. The molecule has 9 nitrogen and oxygen atoms in total. The molecule has 2 aromatic heterocycles. The summed E-state index contributed by atoms with van der Waals surface area (Å²) >= 11 is 0. The number of aryl methyl sites for hydroxylation is 1. The maximum absolute atomic E-state index is 5.75. The summed E-state index contributed by atoms with van der Waals surface area (Å²) < 4.78 is 7.73. The van der Waals surface area contributed by atoms with Gasteiger partial charge in [0.15, 0.2) is 0 Å². The Kier molecular flexibility index (Phi) is 6.64. The molecule has 2 aromatic carbocycles. The Hall–Kier alpha value is -3.88. The molecular formula is C23H28N8O. The van der Waals surface area contributed by atoms with E-state index in [-0.39, 0.29) is 0 Å². The van der Waals surface area contributed by atoms with Crippen LogP contribution in [0.1, 0.15) is 13.8 Å². The molecule has 2 N–H and O–H groups in total. The van der Waals surface area contributed by atoms with Crippen LogP contribution in [-0.2, 0) is 7.05 Å². The zero-order chi connectivity index (χ0) is 22.3. The van der Waals surface area contributed by atoms with Crippen LogP contribution in [0.4, 0.5) is 23.8 Å². The van der Waals surface area contributed by atoms with E-state index in [1.807, 2.05) is 66.2 Å². The summed E-state index contributed by atoms with van der Waals surface area (Å²) in [4.78, 5) is 20.5. The average molecular weight is 433 g/mol. The fourth-order valence-corrected chi connectivity index (χ4v) is 3.35. The largest absolute Gasteiger partial charge is 0.492 e. The van der Waals surface area contributed by atoms with Gasteiger partial charge in [-0.15, -0.1) is 0 Å². The lowest BCUT2D eigenvalue weighted by Crippen LogP contribution is -2.25. The second kappa shape index (κ2) is 9.95. The van der Waals surface area contributed by atoms with Crippen LogP contribution in [0.25, 0.3) is 11.0 Å². The van der Waals surface area contributed by atoms with E-state index < -0.39 is 0 Å². The van der Waals surface area contributed by atoms with Gasteiger partial charge in [-0.3, -0.25) is 5.32 Å². The van der Waals surface area contributed by atoms with Gasteiger partial charge in [-0.2, -0.15) is 15.0 Å². The van der Waals surface area contributed by atoms with E-state index in [1.165, 1.54) is 0 Å². The van der Waals surface area contributed by atoms with Crippen molar-refractivity contribution in [1.82, 2.24) is 24.5 Å². The molecule has 9 heteroatoms. The molecule has 2 heterocycles. The smallest absolute Gasteiger partial charge is 0.236 e. The van der Waals surface area contributed by atoms with Crippen LogP contribution >= 0.6 is 0 Å². The van der Waals surface area contributed by atoms with Crippen LogP contribution in [0.3, 0.4) is 0 Å². The molecule has 0 aliphatic carbocycles. The van der Waals surface area contributed by atoms with Crippen molar-refractivity contribution < 1.29 is 4.74 Å². The molecule has 0 unspecified atom stereocenters. The van der Waals surface area contributed by atoms with Crippen LogP contribution in [0.5, 0.6) is 5.75 Å². The molecule has 0 spiro atoms. The van der Waals surface area contributed by atoms with Crippen LogP contribution in [0.15, 0.2) is 54.6 Å². The SMILES string of the molecule is CCN(CC)c1nc(NCCOc2ccccc2)nc(Nc2nc3ccccc3n2C)n1. The average Bonchev–Trinajstić information content (AvgIpc) is 3.13. The number of benzene rings is 2. The minimum absolute atomic E-state index is 0.437. The van der Waals surface area contributed by atoms with Crippen molar-refractivity contribution in [2.75, 3.05) is 41.8 Å². The fourth-order valence-electron chi connectivity index (χ4n) is 3.35. The van der Waals surface area contributed by atoms with E-state index in [1.54, 1.807) is 0 Å². The highest BCUT2D eigenvalue weighted by Crippen LogP contribution is 2.21. The Bertz CT molecular complexity index is 1160. The predicted octanol–water partition coefficient (Wildman–Crippen LogP) is 3.84. The maximum Gasteiger partial charge on any atom is 0.236 e. The number of fused-ring (bicyclic) bond motifs is 1. The van der Waals surface area contributed by atoms with E-state index in [9.17, 15) is 0 Å². The van der Waals surface area contributed by atoms with Crippen molar-refractivity contribution in [2.24, 2.45) is 7.05 Å². The Labute approximate surface area is 187 Å². The van der Waals surface area contributed by atoms with Crippen LogP contribution in [0, 0.1) is 0 Å². The number of ether oxygens (including phenoxy) is 1. The van der Waals surface area contributed by atoms with Crippen LogP contribution in [0.2, 0.25) is 0 Å². The number of rotatable bonds is 10. The molecule has 166 valence electrons. The predicted molar refractivity (Wildman–Crippen MR) is 128 cm³/mol. The summed E-state index contributed by atoms with van der Waals surface area (Å²) in [7, 11) is 1.96. The molecule has 4 rings (SSSR count). The first kappa shape index (κ1) is 21.4. The fraction of sp³-hybridized carbons (Fsp3) is 0.304. The van der Waals surface area contributed by atoms with Gasteiger partial charge in [-0.1, -0.05) is 30.3 Å². The minimum atomic E-state index is 0.437. The normalized spacial score (nSPS) is 10.8. The van der Waals surface area contributed by atoms with Crippen LogP contribution in [-0.4, -0.2) is 50.7 Å². The number of hydrogen-bond acceptors (Lipinski definition) is 8. The van der Waals surface area contributed by atoms with E-state index in [4.69, 9.17) is 4.74 Å². The molecule has 0 saturated carbocycles. The van der Waals surface area contributed by atoms with Gasteiger partial charge in [-0.05, 0) is 38.1 Å². The summed E-state index contributed by atoms with van der Waals surface area (Å²) in [6, 6.07) is 17.7. The van der Waals surface area contributed by atoms with Crippen molar-refractivity contribution in [3.05, 3.63) is 54.6 Å². The summed E-state index contributed by atoms with van der Waals surface area (Å²) in [5.41, 5.74) is 1.94.